The highest BCUT2D eigenvalue weighted by Gasteiger charge is 2.14. The van der Waals surface area contributed by atoms with Gasteiger partial charge >= 0.3 is 0 Å². The van der Waals surface area contributed by atoms with E-state index in [4.69, 9.17) is 24.6 Å². The largest absolute Gasteiger partial charge is 0.633 e. The van der Waals surface area contributed by atoms with Crippen LogP contribution in [0.15, 0.2) is 78.9 Å². The Morgan fingerprint density at radius 1 is 0.935 bits per heavy atom. The number of quaternary nitrogens is 1. The van der Waals surface area contributed by atoms with Crippen LogP contribution in [-0.2, 0) is 0 Å². The van der Waals surface area contributed by atoms with Crippen molar-refractivity contribution in [3.05, 3.63) is 101 Å². The molecule has 0 fully saturated rings. The Hall–Kier alpha value is -2.79. The topological polar surface area (TPSA) is 52.5 Å². The number of hydrogen-bond acceptors (Lipinski definition) is 3. The van der Waals surface area contributed by atoms with Gasteiger partial charge in [-0.3, -0.25) is 0 Å². The summed E-state index contributed by atoms with van der Waals surface area (Å²) < 4.78 is 47.5. The number of allylic oxidation sites excluding steroid dienone is 1. The number of benzene rings is 3. The van der Waals surface area contributed by atoms with Crippen LogP contribution in [0.5, 0.6) is 11.5 Å². The Morgan fingerprint density at radius 2 is 1.55 bits per heavy atom. The van der Waals surface area contributed by atoms with Crippen LogP contribution in [0.1, 0.15) is 31.3 Å². The summed E-state index contributed by atoms with van der Waals surface area (Å²) in [7, 11) is 0. The molecule has 0 aliphatic rings. The molecule has 0 aliphatic heterocycles. The number of nitrogens with zero attached hydrogens (tertiary/aromatic N) is 1. The number of ether oxygens (including phenoxy) is 1. The second-order valence-electron chi connectivity index (χ2n) is 7.04. The summed E-state index contributed by atoms with van der Waals surface area (Å²) in [6.07, 6.45) is 0.591. The highest BCUT2D eigenvalue weighted by Crippen LogP contribution is 2.35. The molecule has 0 unspecified atom stereocenters. The number of aromatic hydroxyl groups is 1. The number of rotatable bonds is 9. The summed E-state index contributed by atoms with van der Waals surface area (Å²) in [5.74, 6) is 0.900. The smallest absolute Gasteiger partial charge is 0.137 e. The number of likely N-dealkylation sites (N-methyl/N-ethyl adjacent to an activating group) is 1. The van der Waals surface area contributed by atoms with E-state index in [9.17, 15) is 10.3 Å². The SMILES string of the molecule is [2H]C([2H])([2H])[N+]([O-])(CCOc1ccc(/C(=C(/CCCl)c2ccccc2)c2ccc(O)cc2)cc1)C([2H])([2H])[2H]. The average Bonchev–Trinajstić information content (AvgIpc) is 2.85. The first-order valence-electron chi connectivity index (χ1n) is 12.8. The zero-order valence-corrected chi connectivity index (χ0v) is 17.7. The molecule has 0 heterocycles. The van der Waals surface area contributed by atoms with Crippen molar-refractivity contribution >= 4 is 22.7 Å². The van der Waals surface area contributed by atoms with Crippen molar-refractivity contribution in [1.82, 2.24) is 0 Å². The maximum Gasteiger partial charge on any atom is 0.137 e. The summed E-state index contributed by atoms with van der Waals surface area (Å²) in [5.41, 5.74) is 4.66. The monoisotopic (exact) mass is 443 g/mol. The molecule has 0 aromatic heterocycles. The molecule has 31 heavy (non-hydrogen) atoms. The second-order valence-corrected chi connectivity index (χ2v) is 7.42. The summed E-state index contributed by atoms with van der Waals surface area (Å²) in [4.78, 5) is 0. The van der Waals surface area contributed by atoms with Gasteiger partial charge in [0, 0.05) is 5.88 Å². The predicted molar refractivity (Wildman–Crippen MR) is 128 cm³/mol. The van der Waals surface area contributed by atoms with Gasteiger partial charge in [0.2, 0.25) is 0 Å². The molecule has 0 saturated heterocycles. The van der Waals surface area contributed by atoms with E-state index in [0.717, 1.165) is 27.8 Å². The molecule has 162 valence electrons. The quantitative estimate of drug-likeness (QED) is 0.193. The van der Waals surface area contributed by atoms with E-state index < -0.39 is 25.1 Å². The number of hydroxylamine groups is 3. The van der Waals surface area contributed by atoms with Gasteiger partial charge < -0.3 is 19.7 Å². The van der Waals surface area contributed by atoms with E-state index in [1.807, 2.05) is 54.6 Å². The Labute approximate surface area is 197 Å². The Balaban J connectivity index is 1.93. The number of alkyl halides is 1. The standard InChI is InChI=1S/C26H28ClNO3/c1-28(2,30)18-19-31-24-14-10-22(11-15-24)26(21-8-12-23(29)13-9-21)25(16-17-27)20-6-4-3-5-7-20/h3-15,29H,16-19H2,1-2H3/b26-25-/i1D3,2D3. The lowest BCUT2D eigenvalue weighted by Gasteiger charge is -2.33. The fourth-order valence-corrected chi connectivity index (χ4v) is 3.49. The lowest BCUT2D eigenvalue weighted by Crippen LogP contribution is -2.36. The molecular weight excluding hydrogens is 410 g/mol. The van der Waals surface area contributed by atoms with Crippen LogP contribution < -0.4 is 4.74 Å². The normalized spacial score (nSPS) is 16.1. The first kappa shape index (κ1) is 15.9. The van der Waals surface area contributed by atoms with E-state index in [-0.39, 0.29) is 12.4 Å². The first-order valence-corrected chi connectivity index (χ1v) is 10.4. The van der Waals surface area contributed by atoms with Crippen LogP contribution in [0.25, 0.3) is 11.1 Å². The van der Waals surface area contributed by atoms with Gasteiger partial charge in [-0.25, -0.2) is 0 Å². The van der Waals surface area contributed by atoms with E-state index >= 15 is 0 Å². The molecule has 0 radical (unpaired) electrons. The van der Waals surface area contributed by atoms with Crippen molar-refractivity contribution < 1.29 is 22.7 Å². The van der Waals surface area contributed by atoms with Crippen LogP contribution in [0, 0.1) is 5.21 Å². The summed E-state index contributed by atoms with van der Waals surface area (Å²) in [6.45, 7) is -7.68. The minimum absolute atomic E-state index is 0.146. The highest BCUT2D eigenvalue weighted by molar-refractivity contribution is 6.18. The Kier molecular flexibility index (Phi) is 5.39. The van der Waals surface area contributed by atoms with Crippen LogP contribution >= 0.6 is 11.6 Å². The van der Waals surface area contributed by atoms with Crippen molar-refractivity contribution in [2.24, 2.45) is 0 Å². The zero-order chi connectivity index (χ0) is 27.3. The average molecular weight is 444 g/mol. The number of halogens is 1. The lowest BCUT2D eigenvalue weighted by molar-refractivity contribution is -0.840. The molecule has 0 atom stereocenters. The van der Waals surface area contributed by atoms with E-state index in [0.29, 0.717) is 18.1 Å². The molecule has 3 aromatic rings. The summed E-state index contributed by atoms with van der Waals surface area (Å²) >= 11 is 6.17. The van der Waals surface area contributed by atoms with Crippen molar-refractivity contribution in [1.29, 1.82) is 0 Å². The lowest BCUT2D eigenvalue weighted by atomic mass is 9.88. The van der Waals surface area contributed by atoms with Gasteiger partial charge in [0.1, 0.15) is 24.7 Å². The van der Waals surface area contributed by atoms with Crippen LogP contribution in [0.2, 0.25) is 0 Å². The first-order chi connectivity index (χ1) is 17.4. The van der Waals surface area contributed by atoms with Crippen molar-refractivity contribution in [3.8, 4) is 11.5 Å². The van der Waals surface area contributed by atoms with Crippen LogP contribution in [0.4, 0.5) is 0 Å². The zero-order valence-electron chi connectivity index (χ0n) is 22.9. The van der Waals surface area contributed by atoms with Gasteiger partial charge in [0.05, 0.1) is 22.2 Å². The number of hydrogen-bond donors (Lipinski definition) is 1. The Bertz CT molecular complexity index is 1180. The van der Waals surface area contributed by atoms with Crippen molar-refractivity contribution in [2.75, 3.05) is 33.0 Å². The van der Waals surface area contributed by atoms with Gasteiger partial charge in [-0.05, 0) is 58.5 Å². The fraction of sp³-hybridized carbons (Fsp3) is 0.231. The number of phenols is 1. The molecule has 0 amide bonds. The second kappa shape index (κ2) is 10.5. The molecule has 1 N–H and O–H groups in total. The summed E-state index contributed by atoms with van der Waals surface area (Å²) in [6, 6.07) is 23.7. The maximum atomic E-state index is 12.6. The fourth-order valence-electron chi connectivity index (χ4n) is 3.30. The number of phenolic OH excluding ortho intramolecular Hbond substituents is 1. The van der Waals surface area contributed by atoms with Crippen LogP contribution in [0.3, 0.4) is 0 Å². The molecule has 5 heteroatoms. The molecule has 0 spiro atoms. The summed E-state index contributed by atoms with van der Waals surface area (Å²) in [5, 5.41) is 22.4. The minimum Gasteiger partial charge on any atom is -0.633 e. The third-order valence-corrected chi connectivity index (χ3v) is 4.93. The molecule has 4 nitrogen and oxygen atoms in total. The third kappa shape index (κ3) is 6.59. The minimum atomic E-state index is -3.27. The van der Waals surface area contributed by atoms with Gasteiger partial charge in [-0.2, -0.15) is 0 Å². The van der Waals surface area contributed by atoms with E-state index in [2.05, 4.69) is 0 Å². The van der Waals surface area contributed by atoms with Crippen molar-refractivity contribution in [2.45, 2.75) is 6.42 Å². The molecule has 3 aromatic carbocycles. The van der Waals surface area contributed by atoms with Gasteiger partial charge in [0.25, 0.3) is 0 Å². The molecule has 0 saturated carbocycles. The van der Waals surface area contributed by atoms with Crippen LogP contribution in [-0.4, -0.2) is 42.7 Å². The third-order valence-electron chi connectivity index (χ3n) is 4.74. The predicted octanol–water partition coefficient (Wildman–Crippen LogP) is 5.93. The van der Waals surface area contributed by atoms with Gasteiger partial charge in [0.15, 0.2) is 0 Å². The van der Waals surface area contributed by atoms with Crippen molar-refractivity contribution in [3.63, 3.8) is 0 Å². The van der Waals surface area contributed by atoms with E-state index in [1.54, 1.807) is 24.3 Å². The van der Waals surface area contributed by atoms with Gasteiger partial charge in [-0.1, -0.05) is 54.6 Å². The van der Waals surface area contributed by atoms with E-state index in [1.165, 1.54) is 0 Å². The Morgan fingerprint density at radius 3 is 2.13 bits per heavy atom. The molecule has 0 aliphatic carbocycles. The van der Waals surface area contributed by atoms with Gasteiger partial charge in [-0.15, -0.1) is 11.6 Å². The maximum absolute atomic E-state index is 12.6. The highest BCUT2D eigenvalue weighted by atomic mass is 35.5. The molecular formula is C26H28ClNO3. The molecule has 3 rings (SSSR count). The molecule has 0 bridgehead atoms.